The first-order valence-electron chi connectivity index (χ1n) is 5.36. The molecule has 0 aromatic rings. The summed E-state index contributed by atoms with van der Waals surface area (Å²) in [5, 5.41) is 13.5. The number of aliphatic hydroxyl groups is 1. The number of ether oxygens (including phenoxy) is 1. The van der Waals surface area contributed by atoms with E-state index in [1.165, 1.54) is 12.8 Å². The molecule has 84 valence electrons. The van der Waals surface area contributed by atoms with Crippen LogP contribution in [0, 0.1) is 0 Å². The standard InChI is InChI=1S/C11H23NO2/c1-10(2,14-4)7-11(3,13)8-12-9-5-6-9/h9,12-13H,5-8H2,1-4H3. The fourth-order valence-electron chi connectivity index (χ4n) is 1.70. The second-order valence-corrected chi connectivity index (χ2v) is 5.29. The van der Waals surface area contributed by atoms with Crippen molar-refractivity contribution in [2.24, 2.45) is 0 Å². The van der Waals surface area contributed by atoms with Crippen LogP contribution in [-0.2, 0) is 4.74 Å². The maximum absolute atomic E-state index is 10.1. The Morgan fingerprint density at radius 1 is 1.36 bits per heavy atom. The van der Waals surface area contributed by atoms with Gasteiger partial charge in [-0.1, -0.05) is 0 Å². The summed E-state index contributed by atoms with van der Waals surface area (Å²) >= 11 is 0. The summed E-state index contributed by atoms with van der Waals surface area (Å²) in [6.07, 6.45) is 3.16. The number of hydrogen-bond acceptors (Lipinski definition) is 3. The Morgan fingerprint density at radius 2 is 1.93 bits per heavy atom. The molecule has 1 fully saturated rings. The molecule has 2 N–H and O–H groups in total. The molecule has 0 spiro atoms. The third-order valence-corrected chi connectivity index (χ3v) is 2.71. The Labute approximate surface area is 86.8 Å². The third-order valence-electron chi connectivity index (χ3n) is 2.71. The molecule has 0 saturated heterocycles. The van der Waals surface area contributed by atoms with Crippen molar-refractivity contribution in [3.63, 3.8) is 0 Å². The van der Waals surface area contributed by atoms with E-state index in [1.54, 1.807) is 7.11 Å². The molecule has 14 heavy (non-hydrogen) atoms. The van der Waals surface area contributed by atoms with E-state index in [0.717, 1.165) is 0 Å². The quantitative estimate of drug-likeness (QED) is 0.680. The van der Waals surface area contributed by atoms with E-state index in [0.29, 0.717) is 19.0 Å². The van der Waals surface area contributed by atoms with E-state index in [4.69, 9.17) is 4.74 Å². The number of nitrogens with one attached hydrogen (secondary N) is 1. The molecule has 1 aliphatic carbocycles. The summed E-state index contributed by atoms with van der Waals surface area (Å²) in [5.41, 5.74) is -0.934. The zero-order valence-corrected chi connectivity index (χ0v) is 9.76. The van der Waals surface area contributed by atoms with Gasteiger partial charge in [-0.05, 0) is 33.6 Å². The van der Waals surface area contributed by atoms with Crippen LogP contribution in [0.1, 0.15) is 40.0 Å². The summed E-state index contributed by atoms with van der Waals surface area (Å²) in [6.45, 7) is 6.52. The van der Waals surface area contributed by atoms with Gasteiger partial charge in [0.05, 0.1) is 11.2 Å². The Balaban J connectivity index is 2.30. The molecule has 3 heteroatoms. The lowest BCUT2D eigenvalue weighted by Gasteiger charge is -2.33. The zero-order chi connectivity index (χ0) is 10.8. The van der Waals surface area contributed by atoms with Crippen molar-refractivity contribution in [3.05, 3.63) is 0 Å². The van der Waals surface area contributed by atoms with E-state index in [-0.39, 0.29) is 5.60 Å². The predicted molar refractivity (Wildman–Crippen MR) is 57.4 cm³/mol. The van der Waals surface area contributed by atoms with Gasteiger partial charge in [-0.2, -0.15) is 0 Å². The Bertz CT molecular complexity index is 186. The molecular weight excluding hydrogens is 178 g/mol. The molecule has 0 aromatic carbocycles. The highest BCUT2D eigenvalue weighted by Gasteiger charge is 2.32. The van der Waals surface area contributed by atoms with Gasteiger partial charge < -0.3 is 15.2 Å². The monoisotopic (exact) mass is 201 g/mol. The number of methoxy groups -OCH3 is 1. The molecule has 0 aliphatic heterocycles. The van der Waals surface area contributed by atoms with Crippen LogP contribution in [0.15, 0.2) is 0 Å². The van der Waals surface area contributed by atoms with Crippen molar-refractivity contribution >= 4 is 0 Å². The Kier molecular flexibility index (Phi) is 3.56. The molecule has 3 nitrogen and oxygen atoms in total. The number of hydrogen-bond donors (Lipinski definition) is 2. The molecule has 1 saturated carbocycles. The highest BCUT2D eigenvalue weighted by molar-refractivity contribution is 4.89. The smallest absolute Gasteiger partial charge is 0.0770 e. The van der Waals surface area contributed by atoms with Crippen LogP contribution in [0.3, 0.4) is 0 Å². The molecule has 1 rings (SSSR count). The Morgan fingerprint density at radius 3 is 2.36 bits per heavy atom. The summed E-state index contributed by atoms with van der Waals surface area (Å²) < 4.78 is 5.31. The molecule has 0 radical (unpaired) electrons. The summed E-state index contributed by atoms with van der Waals surface area (Å²) in [5.74, 6) is 0. The number of rotatable bonds is 6. The van der Waals surface area contributed by atoms with Gasteiger partial charge in [0.25, 0.3) is 0 Å². The van der Waals surface area contributed by atoms with E-state index in [2.05, 4.69) is 5.32 Å². The fourth-order valence-corrected chi connectivity index (χ4v) is 1.70. The topological polar surface area (TPSA) is 41.5 Å². The second kappa shape index (κ2) is 4.17. The summed E-state index contributed by atoms with van der Waals surface area (Å²) in [4.78, 5) is 0. The fraction of sp³-hybridized carbons (Fsp3) is 1.00. The van der Waals surface area contributed by atoms with Gasteiger partial charge in [0.15, 0.2) is 0 Å². The average Bonchev–Trinajstić information content (AvgIpc) is 2.82. The van der Waals surface area contributed by atoms with Crippen molar-refractivity contribution in [3.8, 4) is 0 Å². The summed E-state index contributed by atoms with van der Waals surface area (Å²) in [6, 6.07) is 0.645. The van der Waals surface area contributed by atoms with Gasteiger partial charge in [0.2, 0.25) is 0 Å². The van der Waals surface area contributed by atoms with Crippen molar-refractivity contribution in [2.75, 3.05) is 13.7 Å². The van der Waals surface area contributed by atoms with E-state index in [9.17, 15) is 5.11 Å². The molecular formula is C11H23NO2. The van der Waals surface area contributed by atoms with Gasteiger partial charge >= 0.3 is 0 Å². The molecule has 1 aliphatic rings. The maximum Gasteiger partial charge on any atom is 0.0770 e. The minimum Gasteiger partial charge on any atom is -0.389 e. The SMILES string of the molecule is COC(C)(C)CC(C)(O)CNC1CC1. The molecule has 0 heterocycles. The van der Waals surface area contributed by atoms with E-state index in [1.807, 2.05) is 20.8 Å². The van der Waals surface area contributed by atoms with Gasteiger partial charge in [-0.3, -0.25) is 0 Å². The zero-order valence-electron chi connectivity index (χ0n) is 9.76. The molecule has 0 aromatic heterocycles. The van der Waals surface area contributed by atoms with Gasteiger partial charge in [0.1, 0.15) is 0 Å². The van der Waals surface area contributed by atoms with Gasteiger partial charge in [0, 0.05) is 26.1 Å². The van der Waals surface area contributed by atoms with Crippen LogP contribution in [0.4, 0.5) is 0 Å². The lowest BCUT2D eigenvalue weighted by Crippen LogP contribution is -2.44. The first-order chi connectivity index (χ1) is 6.35. The predicted octanol–water partition coefficient (Wildman–Crippen LogP) is 1.30. The highest BCUT2D eigenvalue weighted by Crippen LogP contribution is 2.24. The second-order valence-electron chi connectivity index (χ2n) is 5.29. The normalized spacial score (nSPS) is 22.1. The van der Waals surface area contributed by atoms with Crippen LogP contribution in [0.2, 0.25) is 0 Å². The Hall–Kier alpha value is -0.120. The molecule has 1 unspecified atom stereocenters. The molecule has 0 amide bonds. The maximum atomic E-state index is 10.1. The first kappa shape index (κ1) is 12.0. The van der Waals surface area contributed by atoms with Crippen LogP contribution in [0.5, 0.6) is 0 Å². The van der Waals surface area contributed by atoms with Crippen LogP contribution in [-0.4, -0.2) is 36.0 Å². The molecule has 1 atom stereocenters. The van der Waals surface area contributed by atoms with Crippen LogP contribution < -0.4 is 5.32 Å². The third kappa shape index (κ3) is 4.40. The van der Waals surface area contributed by atoms with Gasteiger partial charge in [-0.15, -0.1) is 0 Å². The summed E-state index contributed by atoms with van der Waals surface area (Å²) in [7, 11) is 1.68. The van der Waals surface area contributed by atoms with Crippen molar-refractivity contribution in [1.29, 1.82) is 0 Å². The van der Waals surface area contributed by atoms with E-state index >= 15 is 0 Å². The van der Waals surface area contributed by atoms with Gasteiger partial charge in [-0.25, -0.2) is 0 Å². The average molecular weight is 201 g/mol. The molecule has 0 bridgehead atoms. The lowest BCUT2D eigenvalue weighted by molar-refractivity contribution is -0.0576. The van der Waals surface area contributed by atoms with Crippen molar-refractivity contribution in [1.82, 2.24) is 5.32 Å². The van der Waals surface area contributed by atoms with Crippen LogP contribution in [0.25, 0.3) is 0 Å². The highest BCUT2D eigenvalue weighted by atomic mass is 16.5. The van der Waals surface area contributed by atoms with E-state index < -0.39 is 5.60 Å². The first-order valence-corrected chi connectivity index (χ1v) is 5.36. The van der Waals surface area contributed by atoms with Crippen LogP contribution >= 0.6 is 0 Å². The van der Waals surface area contributed by atoms with Crippen molar-refractivity contribution < 1.29 is 9.84 Å². The van der Waals surface area contributed by atoms with Crippen molar-refractivity contribution in [2.45, 2.75) is 57.3 Å². The minimum atomic E-state index is -0.678. The largest absolute Gasteiger partial charge is 0.389 e. The lowest BCUT2D eigenvalue weighted by atomic mass is 9.90. The minimum absolute atomic E-state index is 0.255.